The zero-order valence-corrected chi connectivity index (χ0v) is 10.6. The maximum Gasteiger partial charge on any atom is 0.184 e. The molecule has 0 aliphatic carbocycles. The lowest BCUT2D eigenvalue weighted by Crippen LogP contribution is -1.77. The number of nitrogens with zero attached hydrogens (tertiary/aromatic N) is 1. The van der Waals surface area contributed by atoms with E-state index < -0.39 is 0 Å². The van der Waals surface area contributed by atoms with Gasteiger partial charge in [0.2, 0.25) is 0 Å². The Hall–Kier alpha value is -0.460. The van der Waals surface area contributed by atoms with Crippen LogP contribution in [0.15, 0.2) is 25.0 Å². The van der Waals surface area contributed by atoms with Crippen LogP contribution in [0.25, 0.3) is 10.8 Å². The molecule has 0 unspecified atom stereocenters. The van der Waals surface area contributed by atoms with E-state index in [2.05, 4.69) is 36.8 Å². The molecule has 14 heavy (non-hydrogen) atoms. The minimum Gasteiger partial charge on any atom is -0.446 e. The van der Waals surface area contributed by atoms with Gasteiger partial charge in [0.05, 0.1) is 4.47 Å². The molecule has 0 saturated carbocycles. The van der Waals surface area contributed by atoms with Gasteiger partial charge in [0.25, 0.3) is 0 Å². The Kier molecular flexibility index (Phi) is 2.85. The van der Waals surface area contributed by atoms with Crippen LogP contribution in [0.1, 0.15) is 10.5 Å². The first-order valence-electron chi connectivity index (χ1n) is 3.56. The van der Waals surface area contributed by atoms with Crippen LogP contribution in [0, 0.1) is 0 Å². The van der Waals surface area contributed by atoms with Crippen LogP contribution in [0.3, 0.4) is 0 Å². The third kappa shape index (κ3) is 1.82. The molecule has 0 saturated heterocycles. The van der Waals surface area contributed by atoms with Crippen LogP contribution in [-0.2, 0) is 0 Å². The Bertz CT molecular complexity index is 458. The van der Waals surface area contributed by atoms with Gasteiger partial charge >= 0.3 is 0 Å². The van der Waals surface area contributed by atoms with Crippen molar-refractivity contribution in [2.24, 2.45) is 0 Å². The summed E-state index contributed by atoms with van der Waals surface area (Å²) in [4.78, 5) is 14.5. The van der Waals surface area contributed by atoms with Gasteiger partial charge in [0.15, 0.2) is 21.7 Å². The van der Waals surface area contributed by atoms with Crippen molar-refractivity contribution < 1.29 is 9.21 Å². The van der Waals surface area contributed by atoms with E-state index in [-0.39, 0.29) is 0 Å². The SMILES string of the molecule is O=Cc1csc(-c2cc(Br)c(Br)o2)n1. The minimum absolute atomic E-state index is 0.425. The van der Waals surface area contributed by atoms with Crippen molar-refractivity contribution in [2.75, 3.05) is 0 Å². The largest absolute Gasteiger partial charge is 0.446 e. The number of aldehydes is 1. The summed E-state index contributed by atoms with van der Waals surface area (Å²) in [5.41, 5.74) is 0.425. The number of hydrogen-bond donors (Lipinski definition) is 0. The van der Waals surface area contributed by atoms with Gasteiger partial charge in [-0.15, -0.1) is 11.3 Å². The molecule has 0 atom stereocenters. The summed E-state index contributed by atoms with van der Waals surface area (Å²) in [6, 6.07) is 1.80. The van der Waals surface area contributed by atoms with Gasteiger partial charge in [0.1, 0.15) is 5.69 Å². The summed E-state index contributed by atoms with van der Waals surface area (Å²) in [7, 11) is 0. The van der Waals surface area contributed by atoms with Gasteiger partial charge in [0, 0.05) is 11.4 Å². The maximum atomic E-state index is 10.4. The average Bonchev–Trinajstić information content (AvgIpc) is 2.74. The molecule has 72 valence electrons. The van der Waals surface area contributed by atoms with E-state index in [1.54, 1.807) is 11.4 Å². The molecule has 2 aromatic rings. The van der Waals surface area contributed by atoms with Crippen molar-refractivity contribution in [1.82, 2.24) is 4.98 Å². The number of carbonyl (C=O) groups excluding carboxylic acids is 1. The lowest BCUT2D eigenvalue weighted by Gasteiger charge is -1.85. The van der Waals surface area contributed by atoms with Gasteiger partial charge in [-0.1, -0.05) is 0 Å². The lowest BCUT2D eigenvalue weighted by molar-refractivity contribution is 0.111. The molecule has 2 rings (SSSR count). The van der Waals surface area contributed by atoms with Crippen molar-refractivity contribution in [3.05, 3.63) is 26.3 Å². The van der Waals surface area contributed by atoms with Gasteiger partial charge in [-0.3, -0.25) is 4.79 Å². The molecule has 0 radical (unpaired) electrons. The van der Waals surface area contributed by atoms with Crippen molar-refractivity contribution in [1.29, 1.82) is 0 Å². The summed E-state index contributed by atoms with van der Waals surface area (Å²) < 4.78 is 6.81. The van der Waals surface area contributed by atoms with E-state index in [0.29, 0.717) is 27.4 Å². The highest BCUT2D eigenvalue weighted by atomic mass is 79.9. The van der Waals surface area contributed by atoms with Gasteiger partial charge in [-0.25, -0.2) is 4.98 Å². The molecule has 0 N–H and O–H groups in total. The van der Waals surface area contributed by atoms with E-state index in [4.69, 9.17) is 4.42 Å². The first kappa shape index (κ1) is 10.1. The van der Waals surface area contributed by atoms with E-state index >= 15 is 0 Å². The Morgan fingerprint density at radius 3 is 2.79 bits per heavy atom. The van der Waals surface area contributed by atoms with Crippen LogP contribution in [0.5, 0.6) is 0 Å². The molecular formula is C8H3Br2NO2S. The van der Waals surface area contributed by atoms with Crippen molar-refractivity contribution in [2.45, 2.75) is 0 Å². The standard InChI is InChI=1S/C8H3Br2NO2S/c9-5-1-6(13-7(5)10)8-11-4(2-12)3-14-8/h1-3H. The molecule has 0 bridgehead atoms. The molecule has 6 heteroatoms. The van der Waals surface area contributed by atoms with E-state index in [0.717, 1.165) is 4.47 Å². The second-order valence-corrected chi connectivity index (χ2v) is 4.86. The second kappa shape index (κ2) is 3.96. The molecular weight excluding hydrogens is 334 g/mol. The Labute approximate surface area is 100 Å². The van der Waals surface area contributed by atoms with E-state index in [9.17, 15) is 4.79 Å². The zero-order valence-electron chi connectivity index (χ0n) is 6.66. The number of aromatic nitrogens is 1. The number of furan rings is 1. The third-order valence-corrected chi connectivity index (χ3v) is 4.08. The molecule has 3 nitrogen and oxygen atoms in total. The molecule has 0 aliphatic rings. The Morgan fingerprint density at radius 2 is 2.29 bits per heavy atom. The minimum atomic E-state index is 0.425. The summed E-state index contributed by atoms with van der Waals surface area (Å²) in [6.45, 7) is 0. The van der Waals surface area contributed by atoms with Crippen LogP contribution in [-0.4, -0.2) is 11.3 Å². The number of rotatable bonds is 2. The zero-order chi connectivity index (χ0) is 10.1. The van der Waals surface area contributed by atoms with Crippen molar-refractivity contribution in [3.8, 4) is 10.8 Å². The molecule has 0 aromatic carbocycles. The average molecular weight is 337 g/mol. The number of halogens is 2. The molecule has 0 spiro atoms. The summed E-state index contributed by atoms with van der Waals surface area (Å²) in [6.07, 6.45) is 0.715. The van der Waals surface area contributed by atoms with Crippen LogP contribution < -0.4 is 0 Å². The van der Waals surface area contributed by atoms with E-state index in [1.165, 1.54) is 11.3 Å². The topological polar surface area (TPSA) is 43.1 Å². The quantitative estimate of drug-likeness (QED) is 0.784. The maximum absolute atomic E-state index is 10.4. The monoisotopic (exact) mass is 335 g/mol. The predicted molar refractivity (Wildman–Crippen MR) is 60.6 cm³/mol. The van der Waals surface area contributed by atoms with Gasteiger partial charge in [-0.05, 0) is 31.9 Å². The van der Waals surface area contributed by atoms with Crippen LogP contribution in [0.2, 0.25) is 0 Å². The van der Waals surface area contributed by atoms with Crippen molar-refractivity contribution in [3.63, 3.8) is 0 Å². The number of hydrogen-bond acceptors (Lipinski definition) is 4. The first-order valence-corrected chi connectivity index (χ1v) is 6.03. The third-order valence-electron chi connectivity index (χ3n) is 1.50. The fourth-order valence-electron chi connectivity index (χ4n) is 0.905. The highest BCUT2D eigenvalue weighted by Gasteiger charge is 2.11. The van der Waals surface area contributed by atoms with E-state index in [1.807, 2.05) is 0 Å². The molecule has 0 amide bonds. The fraction of sp³-hybridized carbons (Fsp3) is 0. The molecule has 2 aromatic heterocycles. The van der Waals surface area contributed by atoms with Gasteiger partial charge < -0.3 is 4.42 Å². The first-order chi connectivity index (χ1) is 6.70. The lowest BCUT2D eigenvalue weighted by atomic mass is 10.4. The Morgan fingerprint density at radius 1 is 1.50 bits per heavy atom. The van der Waals surface area contributed by atoms with Gasteiger partial charge in [-0.2, -0.15) is 0 Å². The van der Waals surface area contributed by atoms with Crippen molar-refractivity contribution >= 4 is 49.5 Å². The number of carbonyl (C=O) groups is 1. The normalized spacial score (nSPS) is 10.4. The highest BCUT2D eigenvalue weighted by Crippen LogP contribution is 2.33. The summed E-state index contributed by atoms with van der Waals surface area (Å²) in [5.74, 6) is 0.641. The fourth-order valence-corrected chi connectivity index (χ4v) is 2.20. The Balaban J connectivity index is 2.43. The molecule has 2 heterocycles. The number of thiazole rings is 1. The predicted octanol–water partition coefficient (Wildman–Crippen LogP) is 3.74. The summed E-state index contributed by atoms with van der Waals surface area (Å²) in [5, 5.41) is 2.38. The summed E-state index contributed by atoms with van der Waals surface area (Å²) >= 11 is 7.91. The molecule has 0 fully saturated rings. The smallest absolute Gasteiger partial charge is 0.184 e. The molecule has 0 aliphatic heterocycles. The van der Waals surface area contributed by atoms with Crippen LogP contribution in [0.4, 0.5) is 0 Å². The van der Waals surface area contributed by atoms with Crippen LogP contribution >= 0.6 is 43.2 Å². The highest BCUT2D eigenvalue weighted by molar-refractivity contribution is 9.13. The second-order valence-electron chi connectivity index (χ2n) is 2.43.